The molecule has 0 saturated heterocycles. The minimum absolute atomic E-state index is 0.0594. The van der Waals surface area contributed by atoms with E-state index in [1.165, 1.54) is 6.07 Å². The molecule has 1 amide bonds. The molecular formula is C25H25BrN2O3S. The van der Waals surface area contributed by atoms with Crippen molar-refractivity contribution in [2.75, 3.05) is 5.32 Å². The maximum atomic E-state index is 13.0. The molecule has 0 aliphatic heterocycles. The van der Waals surface area contributed by atoms with Gasteiger partial charge in [0, 0.05) is 27.3 Å². The van der Waals surface area contributed by atoms with Gasteiger partial charge in [-0.2, -0.15) is 0 Å². The molecule has 1 aliphatic rings. The van der Waals surface area contributed by atoms with Crippen molar-refractivity contribution in [1.82, 2.24) is 4.72 Å². The lowest BCUT2D eigenvalue weighted by Gasteiger charge is -2.23. The molecule has 0 radical (unpaired) electrons. The lowest BCUT2D eigenvalue weighted by Crippen LogP contribution is -2.36. The van der Waals surface area contributed by atoms with Gasteiger partial charge in [-0.1, -0.05) is 67.8 Å². The van der Waals surface area contributed by atoms with E-state index in [-0.39, 0.29) is 22.4 Å². The molecule has 7 heteroatoms. The molecule has 3 aromatic rings. The van der Waals surface area contributed by atoms with Gasteiger partial charge < -0.3 is 5.32 Å². The number of carbonyl (C=O) groups is 1. The van der Waals surface area contributed by atoms with Crippen LogP contribution in [0.4, 0.5) is 5.69 Å². The second kappa shape index (κ2) is 9.98. The van der Waals surface area contributed by atoms with Crippen LogP contribution in [0.2, 0.25) is 0 Å². The van der Waals surface area contributed by atoms with E-state index in [0.717, 1.165) is 43.2 Å². The molecule has 0 atom stereocenters. The molecule has 5 nitrogen and oxygen atoms in total. The summed E-state index contributed by atoms with van der Waals surface area (Å²) in [7, 11) is -3.75. The number of para-hydroxylation sites is 1. The van der Waals surface area contributed by atoms with Gasteiger partial charge >= 0.3 is 0 Å². The third kappa shape index (κ3) is 5.28. The smallest absolute Gasteiger partial charge is 0.255 e. The third-order valence-corrected chi connectivity index (χ3v) is 8.18. The maximum absolute atomic E-state index is 13.0. The minimum atomic E-state index is -3.75. The van der Waals surface area contributed by atoms with Gasteiger partial charge in [-0.3, -0.25) is 4.79 Å². The lowest BCUT2D eigenvalue weighted by atomic mass is 9.96. The second-order valence-electron chi connectivity index (χ2n) is 7.97. The van der Waals surface area contributed by atoms with Crippen LogP contribution in [-0.4, -0.2) is 20.4 Å². The Hall–Kier alpha value is -2.48. The van der Waals surface area contributed by atoms with Crippen molar-refractivity contribution >= 4 is 37.5 Å². The van der Waals surface area contributed by atoms with Crippen molar-refractivity contribution in [2.24, 2.45) is 0 Å². The van der Waals surface area contributed by atoms with E-state index in [2.05, 4.69) is 26.0 Å². The first-order valence-electron chi connectivity index (χ1n) is 10.7. The summed E-state index contributed by atoms with van der Waals surface area (Å²) in [6, 6.07) is 21.9. The third-order valence-electron chi connectivity index (χ3n) is 5.67. The van der Waals surface area contributed by atoms with Crippen LogP contribution in [0, 0.1) is 0 Å². The summed E-state index contributed by atoms with van der Waals surface area (Å²) in [5, 5.41) is 2.94. The molecule has 32 heavy (non-hydrogen) atoms. The Morgan fingerprint density at radius 3 is 2.31 bits per heavy atom. The van der Waals surface area contributed by atoms with Gasteiger partial charge in [0.15, 0.2) is 0 Å². The van der Waals surface area contributed by atoms with Crippen LogP contribution in [0.3, 0.4) is 0 Å². The van der Waals surface area contributed by atoms with Crippen LogP contribution in [-0.2, 0) is 10.0 Å². The average Bonchev–Trinajstić information content (AvgIpc) is 2.80. The summed E-state index contributed by atoms with van der Waals surface area (Å²) in [6.45, 7) is 0. The molecule has 0 aromatic heterocycles. The van der Waals surface area contributed by atoms with Crippen LogP contribution < -0.4 is 10.0 Å². The molecule has 0 spiro atoms. The van der Waals surface area contributed by atoms with Crippen molar-refractivity contribution in [2.45, 2.75) is 43.0 Å². The topological polar surface area (TPSA) is 75.3 Å². The number of amides is 1. The minimum Gasteiger partial charge on any atom is -0.321 e. The van der Waals surface area contributed by atoms with E-state index in [4.69, 9.17) is 0 Å². The highest BCUT2D eigenvalue weighted by Gasteiger charge is 2.25. The van der Waals surface area contributed by atoms with Gasteiger partial charge in [0.2, 0.25) is 10.0 Å². The summed E-state index contributed by atoms with van der Waals surface area (Å²) in [4.78, 5) is 13.1. The predicted octanol–water partition coefficient (Wildman–Crippen LogP) is 5.98. The van der Waals surface area contributed by atoms with Crippen molar-refractivity contribution in [3.63, 3.8) is 0 Å². The molecule has 0 bridgehead atoms. The fourth-order valence-electron chi connectivity index (χ4n) is 4.01. The molecule has 3 aromatic carbocycles. The number of halogens is 1. The number of carbonyl (C=O) groups excluding carboxylic acids is 1. The normalized spacial score (nSPS) is 14.8. The Morgan fingerprint density at radius 1 is 0.875 bits per heavy atom. The quantitative estimate of drug-likeness (QED) is 0.426. The highest BCUT2D eigenvalue weighted by molar-refractivity contribution is 9.10. The first-order valence-corrected chi connectivity index (χ1v) is 13.0. The number of rotatable bonds is 6. The molecule has 0 heterocycles. The first kappa shape index (κ1) is 22.7. The van der Waals surface area contributed by atoms with Gasteiger partial charge in [-0.05, 0) is 58.6 Å². The highest BCUT2D eigenvalue weighted by atomic mass is 79.9. The standard InChI is InChI=1S/C25H25BrN2O3S/c26-22-16-15-19(17-24(22)32(30,31)28-20-11-5-2-6-12-20)25(29)27-23-14-8-7-13-21(23)18-9-3-1-4-10-18/h1,3-4,7-10,13-17,20,28H,2,5-6,11-12H2,(H,27,29). The van der Waals surface area contributed by atoms with E-state index in [9.17, 15) is 13.2 Å². The van der Waals surface area contributed by atoms with Gasteiger partial charge in [0.05, 0.1) is 4.90 Å². The van der Waals surface area contributed by atoms with E-state index >= 15 is 0 Å². The predicted molar refractivity (Wildman–Crippen MR) is 131 cm³/mol. The molecule has 1 fully saturated rings. The number of anilines is 1. The molecule has 0 unspecified atom stereocenters. The fourth-order valence-corrected chi connectivity index (χ4v) is 6.30. The van der Waals surface area contributed by atoms with Crippen LogP contribution in [0.1, 0.15) is 42.5 Å². The summed E-state index contributed by atoms with van der Waals surface area (Å²) >= 11 is 3.34. The Morgan fingerprint density at radius 2 is 1.56 bits per heavy atom. The lowest BCUT2D eigenvalue weighted by molar-refractivity contribution is 0.102. The van der Waals surface area contributed by atoms with E-state index in [0.29, 0.717) is 10.2 Å². The summed E-state index contributed by atoms with van der Waals surface area (Å²) in [6.07, 6.45) is 4.87. The monoisotopic (exact) mass is 512 g/mol. The molecule has 2 N–H and O–H groups in total. The number of nitrogens with one attached hydrogen (secondary N) is 2. The van der Waals surface area contributed by atoms with Crippen LogP contribution >= 0.6 is 15.9 Å². The SMILES string of the molecule is O=C(Nc1ccccc1-c1ccccc1)c1ccc(Br)c(S(=O)(=O)NC2CCCCC2)c1. The average molecular weight is 513 g/mol. The zero-order chi connectivity index (χ0) is 22.6. The van der Waals surface area contributed by atoms with Gasteiger partial charge in [0.25, 0.3) is 5.91 Å². The van der Waals surface area contributed by atoms with Gasteiger partial charge in [-0.25, -0.2) is 13.1 Å². The molecule has 1 saturated carbocycles. The number of hydrogen-bond acceptors (Lipinski definition) is 3. The van der Waals surface area contributed by atoms with Crippen LogP contribution in [0.15, 0.2) is 82.2 Å². The second-order valence-corrected chi connectivity index (χ2v) is 10.5. The van der Waals surface area contributed by atoms with Gasteiger partial charge in [-0.15, -0.1) is 0 Å². The highest BCUT2D eigenvalue weighted by Crippen LogP contribution is 2.29. The van der Waals surface area contributed by atoms with E-state index < -0.39 is 10.0 Å². The van der Waals surface area contributed by atoms with Crippen LogP contribution in [0.5, 0.6) is 0 Å². The summed E-state index contributed by atoms with van der Waals surface area (Å²) in [5.41, 5.74) is 2.82. The number of hydrogen-bond donors (Lipinski definition) is 2. The van der Waals surface area contributed by atoms with Crippen LogP contribution in [0.25, 0.3) is 11.1 Å². The summed E-state index contributed by atoms with van der Waals surface area (Å²) < 4.78 is 29.3. The Kier molecular flexibility index (Phi) is 7.08. The Bertz CT molecular complexity index is 1210. The molecule has 1 aliphatic carbocycles. The largest absolute Gasteiger partial charge is 0.321 e. The van der Waals surface area contributed by atoms with Crippen molar-refractivity contribution in [1.29, 1.82) is 0 Å². The zero-order valence-electron chi connectivity index (χ0n) is 17.6. The molecule has 4 rings (SSSR count). The van der Waals surface area contributed by atoms with E-state index in [1.807, 2.05) is 54.6 Å². The number of benzene rings is 3. The number of sulfonamides is 1. The Balaban J connectivity index is 1.58. The van der Waals surface area contributed by atoms with Crippen molar-refractivity contribution in [3.8, 4) is 11.1 Å². The zero-order valence-corrected chi connectivity index (χ0v) is 20.0. The molecule has 166 valence electrons. The van der Waals surface area contributed by atoms with Crippen molar-refractivity contribution < 1.29 is 13.2 Å². The van der Waals surface area contributed by atoms with E-state index in [1.54, 1.807) is 12.1 Å². The molecular weight excluding hydrogens is 488 g/mol. The van der Waals surface area contributed by atoms with Gasteiger partial charge in [0.1, 0.15) is 0 Å². The first-order chi connectivity index (χ1) is 15.4. The fraction of sp³-hybridized carbons (Fsp3) is 0.240. The Labute approximate surface area is 197 Å². The maximum Gasteiger partial charge on any atom is 0.255 e. The van der Waals surface area contributed by atoms with Crippen molar-refractivity contribution in [3.05, 3.63) is 82.8 Å². The summed E-state index contributed by atoms with van der Waals surface area (Å²) in [5.74, 6) is -0.366.